The Morgan fingerprint density at radius 1 is 1.07 bits per heavy atom. The van der Waals surface area contributed by atoms with E-state index in [1.165, 1.54) is 6.20 Å². The topological polar surface area (TPSA) is 55.2 Å². The molecular formula is C22H26FN5O. The van der Waals surface area contributed by atoms with Gasteiger partial charge in [0, 0.05) is 37.7 Å². The van der Waals surface area contributed by atoms with Crippen LogP contribution in [0.15, 0.2) is 36.8 Å². The van der Waals surface area contributed by atoms with Crippen molar-refractivity contribution in [2.45, 2.75) is 27.3 Å². The highest BCUT2D eigenvalue weighted by Gasteiger charge is 2.16. The zero-order valence-electron chi connectivity index (χ0n) is 17.1. The Labute approximate surface area is 170 Å². The molecule has 0 radical (unpaired) electrons. The van der Waals surface area contributed by atoms with Crippen molar-refractivity contribution in [2.75, 3.05) is 31.6 Å². The van der Waals surface area contributed by atoms with Crippen LogP contribution in [0.25, 0.3) is 5.82 Å². The molecule has 1 aliphatic rings. The summed E-state index contributed by atoms with van der Waals surface area (Å²) < 4.78 is 21.7. The van der Waals surface area contributed by atoms with E-state index in [0.29, 0.717) is 5.95 Å². The number of aryl methyl sites for hydroxylation is 3. The molecule has 3 aromatic rings. The number of ether oxygens (including phenoxy) is 1. The summed E-state index contributed by atoms with van der Waals surface area (Å²) in [6.07, 6.45) is 5.09. The molecule has 1 N–H and O–H groups in total. The maximum atomic E-state index is 14.5. The third-order valence-electron chi connectivity index (χ3n) is 5.08. The van der Waals surface area contributed by atoms with E-state index in [-0.39, 0.29) is 5.82 Å². The van der Waals surface area contributed by atoms with Crippen molar-refractivity contribution in [3.63, 3.8) is 0 Å². The summed E-state index contributed by atoms with van der Waals surface area (Å²) in [4.78, 5) is 10.9. The van der Waals surface area contributed by atoms with Crippen molar-refractivity contribution in [1.29, 1.82) is 0 Å². The molecule has 7 heteroatoms. The minimum absolute atomic E-state index is 0.239. The highest BCUT2D eigenvalue weighted by molar-refractivity contribution is 5.56. The Balaban J connectivity index is 1.58. The van der Waals surface area contributed by atoms with Gasteiger partial charge < -0.3 is 14.6 Å². The second-order valence-corrected chi connectivity index (χ2v) is 7.63. The lowest BCUT2D eigenvalue weighted by Crippen LogP contribution is -2.35. The van der Waals surface area contributed by atoms with E-state index in [1.807, 2.05) is 45.3 Å². The molecule has 0 aliphatic carbocycles. The SMILES string of the molecule is Cc1cc(C)cc(Nc2ncc(F)c(-n3cc(C)c(CN4CCOCC4)c3)n2)c1. The van der Waals surface area contributed by atoms with Gasteiger partial charge in [-0.05, 0) is 55.2 Å². The predicted molar refractivity (Wildman–Crippen MR) is 111 cm³/mol. The molecular weight excluding hydrogens is 369 g/mol. The van der Waals surface area contributed by atoms with E-state index < -0.39 is 5.82 Å². The van der Waals surface area contributed by atoms with Gasteiger partial charge in [0.1, 0.15) is 0 Å². The van der Waals surface area contributed by atoms with Gasteiger partial charge in [-0.15, -0.1) is 0 Å². The first-order valence-corrected chi connectivity index (χ1v) is 9.84. The molecule has 29 heavy (non-hydrogen) atoms. The van der Waals surface area contributed by atoms with E-state index >= 15 is 0 Å². The normalized spacial score (nSPS) is 14.9. The van der Waals surface area contributed by atoms with Crippen molar-refractivity contribution in [3.8, 4) is 5.82 Å². The smallest absolute Gasteiger partial charge is 0.229 e. The zero-order valence-corrected chi connectivity index (χ0v) is 17.1. The van der Waals surface area contributed by atoms with Gasteiger partial charge in [0.2, 0.25) is 5.95 Å². The van der Waals surface area contributed by atoms with Crippen molar-refractivity contribution >= 4 is 11.6 Å². The molecule has 4 rings (SSSR count). The number of benzene rings is 1. The zero-order chi connectivity index (χ0) is 20.4. The average molecular weight is 395 g/mol. The Morgan fingerprint density at radius 3 is 2.52 bits per heavy atom. The number of nitrogens with one attached hydrogen (secondary N) is 1. The van der Waals surface area contributed by atoms with E-state index in [1.54, 1.807) is 4.57 Å². The summed E-state index contributed by atoms with van der Waals surface area (Å²) in [5.41, 5.74) is 5.44. The van der Waals surface area contributed by atoms with Crippen LogP contribution >= 0.6 is 0 Å². The van der Waals surface area contributed by atoms with Gasteiger partial charge in [-0.3, -0.25) is 4.90 Å². The first kappa shape index (κ1) is 19.5. The lowest BCUT2D eigenvalue weighted by molar-refractivity contribution is 0.0341. The standard InChI is InChI=1S/C22H26FN5O/c1-15-8-16(2)10-19(9-15)25-22-24-11-20(23)21(26-22)28-12-17(3)18(14-28)13-27-4-6-29-7-5-27/h8-12,14H,4-7,13H2,1-3H3,(H,24,25,26). The highest BCUT2D eigenvalue weighted by Crippen LogP contribution is 2.21. The van der Waals surface area contributed by atoms with Crippen LogP contribution < -0.4 is 5.32 Å². The summed E-state index contributed by atoms with van der Waals surface area (Å²) in [6, 6.07) is 6.12. The van der Waals surface area contributed by atoms with Gasteiger partial charge in [-0.25, -0.2) is 9.37 Å². The van der Waals surface area contributed by atoms with Crippen LogP contribution in [0, 0.1) is 26.6 Å². The van der Waals surface area contributed by atoms with Crippen molar-refractivity contribution < 1.29 is 9.13 Å². The molecule has 2 aromatic heterocycles. The van der Waals surface area contributed by atoms with Crippen LogP contribution in [-0.4, -0.2) is 45.7 Å². The molecule has 0 atom stereocenters. The number of morpholine rings is 1. The monoisotopic (exact) mass is 395 g/mol. The highest BCUT2D eigenvalue weighted by atomic mass is 19.1. The lowest BCUT2D eigenvalue weighted by atomic mass is 10.1. The molecule has 6 nitrogen and oxygen atoms in total. The van der Waals surface area contributed by atoms with Gasteiger partial charge in [0.25, 0.3) is 0 Å². The third-order valence-corrected chi connectivity index (χ3v) is 5.08. The summed E-state index contributed by atoms with van der Waals surface area (Å²) in [6.45, 7) is 10.3. The molecule has 1 aliphatic heterocycles. The first-order chi connectivity index (χ1) is 14.0. The van der Waals surface area contributed by atoms with E-state index in [0.717, 1.165) is 60.8 Å². The largest absolute Gasteiger partial charge is 0.379 e. The van der Waals surface area contributed by atoms with Crippen molar-refractivity contribution in [2.24, 2.45) is 0 Å². The first-order valence-electron chi connectivity index (χ1n) is 9.84. The van der Waals surface area contributed by atoms with Crippen molar-refractivity contribution in [1.82, 2.24) is 19.4 Å². The fourth-order valence-electron chi connectivity index (χ4n) is 3.66. The predicted octanol–water partition coefficient (Wildman–Crippen LogP) is 3.91. The molecule has 0 spiro atoms. The number of anilines is 2. The number of halogens is 1. The maximum absolute atomic E-state index is 14.5. The molecule has 1 saturated heterocycles. The number of hydrogen-bond donors (Lipinski definition) is 1. The van der Waals surface area contributed by atoms with E-state index in [9.17, 15) is 4.39 Å². The fourth-order valence-corrected chi connectivity index (χ4v) is 3.66. The molecule has 0 saturated carbocycles. The summed E-state index contributed by atoms with van der Waals surface area (Å²) >= 11 is 0. The van der Waals surface area contributed by atoms with Crippen LogP contribution in [0.3, 0.4) is 0 Å². The molecule has 3 heterocycles. The Bertz CT molecular complexity index is 990. The number of rotatable bonds is 5. The van der Waals surface area contributed by atoms with E-state index in [4.69, 9.17) is 4.74 Å². The van der Waals surface area contributed by atoms with Gasteiger partial charge in [-0.1, -0.05) is 6.07 Å². The molecule has 1 aromatic carbocycles. The van der Waals surface area contributed by atoms with Gasteiger partial charge in [-0.2, -0.15) is 4.98 Å². The molecule has 152 valence electrons. The molecule has 0 bridgehead atoms. The van der Waals surface area contributed by atoms with E-state index in [2.05, 4.69) is 26.3 Å². The summed E-state index contributed by atoms with van der Waals surface area (Å²) in [7, 11) is 0. The molecule has 1 fully saturated rings. The Kier molecular flexibility index (Phi) is 5.60. The van der Waals surface area contributed by atoms with Gasteiger partial charge >= 0.3 is 0 Å². The summed E-state index contributed by atoms with van der Waals surface area (Å²) in [5.74, 6) is 0.152. The van der Waals surface area contributed by atoms with Gasteiger partial charge in [0.15, 0.2) is 11.6 Å². The maximum Gasteiger partial charge on any atom is 0.229 e. The number of hydrogen-bond acceptors (Lipinski definition) is 5. The minimum atomic E-state index is -0.455. The second kappa shape index (κ2) is 8.31. The second-order valence-electron chi connectivity index (χ2n) is 7.63. The van der Waals surface area contributed by atoms with Crippen LogP contribution in [0.5, 0.6) is 0 Å². The fraction of sp³-hybridized carbons (Fsp3) is 0.364. The van der Waals surface area contributed by atoms with Crippen LogP contribution in [0.2, 0.25) is 0 Å². The van der Waals surface area contributed by atoms with Crippen LogP contribution in [-0.2, 0) is 11.3 Å². The molecule has 0 amide bonds. The number of nitrogens with zero attached hydrogens (tertiary/aromatic N) is 4. The third kappa shape index (κ3) is 4.63. The minimum Gasteiger partial charge on any atom is -0.379 e. The average Bonchev–Trinajstić information content (AvgIpc) is 3.03. The lowest BCUT2D eigenvalue weighted by Gasteiger charge is -2.26. The Morgan fingerprint density at radius 2 is 1.79 bits per heavy atom. The Hall–Kier alpha value is -2.77. The van der Waals surface area contributed by atoms with Crippen molar-refractivity contribution in [3.05, 3.63) is 64.9 Å². The van der Waals surface area contributed by atoms with Gasteiger partial charge in [0.05, 0.1) is 19.4 Å². The van der Waals surface area contributed by atoms with Crippen LogP contribution in [0.1, 0.15) is 22.3 Å². The molecule has 0 unspecified atom stereocenters. The van der Waals surface area contributed by atoms with Crippen LogP contribution in [0.4, 0.5) is 16.0 Å². The number of aromatic nitrogens is 3. The summed E-state index contributed by atoms with van der Waals surface area (Å²) in [5, 5.41) is 3.19. The quantitative estimate of drug-likeness (QED) is 0.710.